The molecule has 0 aliphatic heterocycles. The fourth-order valence-corrected chi connectivity index (χ4v) is 3.28. The van der Waals surface area contributed by atoms with Crippen molar-refractivity contribution in [3.05, 3.63) is 69.3 Å². The van der Waals surface area contributed by atoms with E-state index in [0.29, 0.717) is 33.7 Å². The lowest BCUT2D eigenvalue weighted by molar-refractivity contribution is -0.131. The number of aryl methyl sites for hydroxylation is 2. The van der Waals surface area contributed by atoms with E-state index in [1.165, 1.54) is 16.8 Å². The van der Waals surface area contributed by atoms with Crippen LogP contribution in [0.2, 0.25) is 10.0 Å². The van der Waals surface area contributed by atoms with E-state index in [4.69, 9.17) is 42.5 Å². The van der Waals surface area contributed by atoms with Gasteiger partial charge in [0.2, 0.25) is 5.88 Å². The molecule has 7 nitrogen and oxygen atoms in total. The number of carbonyl (C=O) groups is 1. The smallest absolute Gasteiger partial charge is 0.328 e. The number of nitrogens with zero attached hydrogens (tertiary/aromatic N) is 2. The average molecular weight is 463 g/mol. The second kappa shape index (κ2) is 9.76. The van der Waals surface area contributed by atoms with Gasteiger partial charge in [-0.2, -0.15) is 5.10 Å². The molecule has 0 fully saturated rings. The number of aliphatic carboxylic acids is 1. The van der Waals surface area contributed by atoms with Crippen LogP contribution in [0.5, 0.6) is 23.1 Å². The predicted octanol–water partition coefficient (Wildman–Crippen LogP) is 5.51. The van der Waals surface area contributed by atoms with Gasteiger partial charge in [0, 0.05) is 19.2 Å². The minimum Gasteiger partial charge on any atom is -0.497 e. The summed E-state index contributed by atoms with van der Waals surface area (Å²) in [5.41, 5.74) is 2.06. The summed E-state index contributed by atoms with van der Waals surface area (Å²) in [6.07, 6.45) is 2.44. The lowest BCUT2D eigenvalue weighted by Crippen LogP contribution is -1.99. The first-order valence-electron chi connectivity index (χ1n) is 9.15. The Hall–Kier alpha value is -3.16. The van der Waals surface area contributed by atoms with Gasteiger partial charge in [0.1, 0.15) is 18.1 Å². The molecule has 1 N–H and O–H groups in total. The van der Waals surface area contributed by atoms with Gasteiger partial charge in [-0.3, -0.25) is 0 Å². The second-order valence-electron chi connectivity index (χ2n) is 6.55. The molecule has 9 heteroatoms. The van der Waals surface area contributed by atoms with Gasteiger partial charge in [-0.1, -0.05) is 35.3 Å². The van der Waals surface area contributed by atoms with E-state index in [1.807, 2.05) is 24.3 Å². The van der Waals surface area contributed by atoms with E-state index in [-0.39, 0.29) is 11.6 Å². The minimum absolute atomic E-state index is 0.272. The lowest BCUT2D eigenvalue weighted by atomic mass is 10.2. The summed E-state index contributed by atoms with van der Waals surface area (Å²) >= 11 is 12.6. The molecule has 2 aromatic carbocycles. The average Bonchev–Trinajstić information content (AvgIpc) is 3.00. The molecule has 0 bridgehead atoms. The fourth-order valence-electron chi connectivity index (χ4n) is 2.81. The van der Waals surface area contributed by atoms with Crippen LogP contribution < -0.4 is 14.2 Å². The highest BCUT2D eigenvalue weighted by atomic mass is 35.5. The molecule has 31 heavy (non-hydrogen) atoms. The number of carboxylic acid groups (broad SMARTS) is 1. The van der Waals surface area contributed by atoms with Crippen LogP contribution in [0, 0.1) is 6.92 Å². The number of aromatic nitrogens is 2. The Kier molecular flexibility index (Phi) is 7.09. The van der Waals surface area contributed by atoms with E-state index in [1.54, 1.807) is 27.1 Å². The van der Waals surface area contributed by atoms with Crippen LogP contribution >= 0.6 is 23.2 Å². The first kappa shape index (κ1) is 22.5. The zero-order valence-electron chi connectivity index (χ0n) is 17.1. The summed E-state index contributed by atoms with van der Waals surface area (Å²) in [4.78, 5) is 10.9. The van der Waals surface area contributed by atoms with Crippen molar-refractivity contribution >= 4 is 35.2 Å². The quantitative estimate of drug-likeness (QED) is 0.444. The van der Waals surface area contributed by atoms with Gasteiger partial charge in [-0.25, -0.2) is 9.48 Å². The third-order valence-corrected chi connectivity index (χ3v) is 4.94. The Labute approximate surface area is 189 Å². The van der Waals surface area contributed by atoms with Crippen LogP contribution in [0.1, 0.15) is 16.8 Å². The summed E-state index contributed by atoms with van der Waals surface area (Å²) < 4.78 is 18.5. The standard InChI is InChI=1S/C22H20Cl2N2O5/c1-13-16(8-9-21(27)28)22(26(2)25-13)31-20-11-19(17(23)10-18(20)24)30-12-14-4-6-15(29-3)7-5-14/h4-11H,12H2,1-3H3,(H,27,28)/b9-8+. The molecule has 0 saturated carbocycles. The molecule has 1 heterocycles. The van der Waals surface area contributed by atoms with Crippen molar-refractivity contribution in [2.45, 2.75) is 13.5 Å². The summed E-state index contributed by atoms with van der Waals surface area (Å²) in [7, 11) is 3.29. The zero-order valence-corrected chi connectivity index (χ0v) is 18.6. The van der Waals surface area contributed by atoms with Gasteiger partial charge >= 0.3 is 5.97 Å². The SMILES string of the molecule is COc1ccc(COc2cc(Oc3c(/C=C/C(=O)O)c(C)nn3C)c(Cl)cc2Cl)cc1. The van der Waals surface area contributed by atoms with Gasteiger partial charge < -0.3 is 19.3 Å². The highest BCUT2D eigenvalue weighted by molar-refractivity contribution is 6.36. The maximum Gasteiger partial charge on any atom is 0.328 e. The van der Waals surface area contributed by atoms with Gasteiger partial charge in [-0.05, 0) is 36.8 Å². The lowest BCUT2D eigenvalue weighted by Gasteiger charge is -2.13. The summed E-state index contributed by atoms with van der Waals surface area (Å²) in [6.45, 7) is 2.03. The van der Waals surface area contributed by atoms with Gasteiger partial charge in [0.05, 0.1) is 28.4 Å². The number of rotatable bonds is 8. The van der Waals surface area contributed by atoms with E-state index >= 15 is 0 Å². The third kappa shape index (κ3) is 5.51. The van der Waals surface area contributed by atoms with E-state index in [2.05, 4.69) is 5.10 Å². The predicted molar refractivity (Wildman–Crippen MR) is 118 cm³/mol. The molecule has 0 atom stereocenters. The summed E-state index contributed by atoms with van der Waals surface area (Å²) in [6, 6.07) is 10.6. The molecule has 3 aromatic rings. The number of ether oxygens (including phenoxy) is 3. The molecule has 0 amide bonds. The zero-order chi connectivity index (χ0) is 22.5. The van der Waals surface area contributed by atoms with E-state index in [9.17, 15) is 4.79 Å². The van der Waals surface area contributed by atoms with Gasteiger partial charge in [0.15, 0.2) is 5.75 Å². The van der Waals surface area contributed by atoms with Crippen molar-refractivity contribution in [1.82, 2.24) is 9.78 Å². The van der Waals surface area contributed by atoms with Crippen LogP contribution in [-0.2, 0) is 18.4 Å². The number of methoxy groups -OCH3 is 1. The first-order chi connectivity index (χ1) is 14.8. The number of halogens is 2. The molecule has 3 rings (SSSR count). The molecular weight excluding hydrogens is 443 g/mol. The Bertz CT molecular complexity index is 1120. The Morgan fingerprint density at radius 1 is 1.16 bits per heavy atom. The maximum atomic E-state index is 10.9. The normalized spacial score (nSPS) is 11.0. The van der Waals surface area contributed by atoms with Crippen molar-refractivity contribution in [1.29, 1.82) is 0 Å². The Morgan fingerprint density at radius 3 is 2.48 bits per heavy atom. The number of carboxylic acids is 1. The summed E-state index contributed by atoms with van der Waals surface area (Å²) in [5, 5.41) is 13.8. The first-order valence-corrected chi connectivity index (χ1v) is 9.91. The number of benzene rings is 2. The molecule has 1 aromatic heterocycles. The van der Waals surface area contributed by atoms with E-state index in [0.717, 1.165) is 17.4 Å². The van der Waals surface area contributed by atoms with Crippen molar-refractivity contribution in [2.24, 2.45) is 7.05 Å². The highest BCUT2D eigenvalue weighted by Crippen LogP contribution is 2.39. The van der Waals surface area contributed by atoms with Crippen molar-refractivity contribution in [3.8, 4) is 23.1 Å². The van der Waals surface area contributed by atoms with E-state index < -0.39 is 5.97 Å². The van der Waals surface area contributed by atoms with Gasteiger partial charge in [0.25, 0.3) is 0 Å². The van der Waals surface area contributed by atoms with Crippen LogP contribution in [0.15, 0.2) is 42.5 Å². The van der Waals surface area contributed by atoms with Crippen LogP contribution in [0.3, 0.4) is 0 Å². The molecule has 0 aliphatic carbocycles. The van der Waals surface area contributed by atoms with Gasteiger partial charge in [-0.15, -0.1) is 0 Å². The molecule has 0 aliphatic rings. The second-order valence-corrected chi connectivity index (χ2v) is 7.37. The molecule has 0 spiro atoms. The molecule has 0 radical (unpaired) electrons. The van der Waals surface area contributed by atoms with Crippen LogP contribution in [0.4, 0.5) is 0 Å². The molecular formula is C22H20Cl2N2O5. The maximum absolute atomic E-state index is 10.9. The molecule has 0 unspecified atom stereocenters. The Morgan fingerprint density at radius 2 is 1.84 bits per heavy atom. The van der Waals surface area contributed by atoms with Crippen LogP contribution in [-0.4, -0.2) is 28.0 Å². The molecule has 162 valence electrons. The van der Waals surface area contributed by atoms with Crippen molar-refractivity contribution in [3.63, 3.8) is 0 Å². The monoisotopic (exact) mass is 462 g/mol. The van der Waals surface area contributed by atoms with Crippen molar-refractivity contribution in [2.75, 3.05) is 7.11 Å². The number of hydrogen-bond donors (Lipinski definition) is 1. The van der Waals surface area contributed by atoms with Crippen molar-refractivity contribution < 1.29 is 24.1 Å². The summed E-state index contributed by atoms with van der Waals surface area (Å²) in [5.74, 6) is 0.693. The highest BCUT2D eigenvalue weighted by Gasteiger charge is 2.17. The molecule has 0 saturated heterocycles. The minimum atomic E-state index is -1.08. The fraction of sp³-hybridized carbons (Fsp3) is 0.182. The van der Waals surface area contributed by atoms with Crippen LogP contribution in [0.25, 0.3) is 6.08 Å². The Balaban J connectivity index is 1.85. The third-order valence-electron chi connectivity index (χ3n) is 4.35. The topological polar surface area (TPSA) is 82.8 Å². The largest absolute Gasteiger partial charge is 0.497 e. The number of hydrogen-bond acceptors (Lipinski definition) is 5.